The van der Waals surface area contributed by atoms with Crippen LogP contribution in [-0.2, 0) is 6.42 Å². The van der Waals surface area contributed by atoms with E-state index in [1.807, 2.05) is 6.07 Å². The van der Waals surface area contributed by atoms with Gasteiger partial charge in [-0.1, -0.05) is 13.0 Å². The molecule has 21 heavy (non-hydrogen) atoms. The molecule has 1 unspecified atom stereocenters. The van der Waals surface area contributed by atoms with Crippen molar-refractivity contribution < 1.29 is 9.50 Å². The summed E-state index contributed by atoms with van der Waals surface area (Å²) >= 11 is 0. The minimum atomic E-state index is -0.208. The largest absolute Gasteiger partial charge is 0.394 e. The molecule has 0 spiro atoms. The van der Waals surface area contributed by atoms with Crippen molar-refractivity contribution in [2.45, 2.75) is 45.1 Å². The summed E-state index contributed by atoms with van der Waals surface area (Å²) in [4.78, 5) is 2.26. The number of nitrogens with one attached hydrogen (secondary N) is 1. The first-order valence-corrected chi connectivity index (χ1v) is 7.97. The van der Waals surface area contributed by atoms with Gasteiger partial charge in [0.1, 0.15) is 5.82 Å². The zero-order valence-electron chi connectivity index (χ0n) is 13.2. The van der Waals surface area contributed by atoms with Crippen molar-refractivity contribution in [1.29, 1.82) is 0 Å². The van der Waals surface area contributed by atoms with Crippen LogP contribution >= 0.6 is 0 Å². The molecule has 0 radical (unpaired) electrons. The molecule has 0 aliphatic carbocycles. The van der Waals surface area contributed by atoms with E-state index in [2.05, 4.69) is 24.1 Å². The van der Waals surface area contributed by atoms with E-state index < -0.39 is 0 Å². The third-order valence-electron chi connectivity index (χ3n) is 4.35. The molecule has 1 aliphatic heterocycles. The lowest BCUT2D eigenvalue weighted by atomic mass is 9.96. The highest BCUT2D eigenvalue weighted by Gasteiger charge is 2.24. The van der Waals surface area contributed by atoms with Gasteiger partial charge in [0, 0.05) is 24.3 Å². The Hall–Kier alpha value is -1.13. The van der Waals surface area contributed by atoms with Gasteiger partial charge in [0.2, 0.25) is 0 Å². The van der Waals surface area contributed by atoms with Crippen LogP contribution in [0, 0.1) is 5.82 Å². The number of fused-ring (bicyclic) bond motifs is 1. The number of nitrogens with zero attached hydrogens (tertiary/aromatic N) is 1. The van der Waals surface area contributed by atoms with Gasteiger partial charge >= 0.3 is 0 Å². The number of hydrogen-bond donors (Lipinski definition) is 2. The smallest absolute Gasteiger partial charge is 0.125 e. The molecule has 1 aromatic carbocycles. The van der Waals surface area contributed by atoms with Gasteiger partial charge in [0.25, 0.3) is 0 Å². The lowest BCUT2D eigenvalue weighted by Gasteiger charge is -2.30. The predicted molar refractivity (Wildman–Crippen MR) is 85.3 cm³/mol. The fourth-order valence-corrected chi connectivity index (χ4v) is 2.96. The number of rotatable bonds is 8. The van der Waals surface area contributed by atoms with Crippen LogP contribution in [0.3, 0.4) is 0 Å². The van der Waals surface area contributed by atoms with Gasteiger partial charge in [-0.3, -0.25) is 0 Å². The first kappa shape index (κ1) is 16.2. The van der Waals surface area contributed by atoms with E-state index in [-0.39, 0.29) is 18.0 Å². The third kappa shape index (κ3) is 4.17. The molecule has 1 atom stereocenters. The minimum Gasteiger partial charge on any atom is -0.394 e. The average molecular weight is 294 g/mol. The fraction of sp³-hybridized carbons (Fsp3) is 0.647. The lowest BCUT2D eigenvalue weighted by Crippen LogP contribution is -2.46. The summed E-state index contributed by atoms with van der Waals surface area (Å²) in [6.07, 6.45) is 3.98. The highest BCUT2D eigenvalue weighted by Crippen LogP contribution is 2.29. The maximum atomic E-state index is 13.4. The zero-order valence-corrected chi connectivity index (χ0v) is 13.2. The third-order valence-corrected chi connectivity index (χ3v) is 4.35. The van der Waals surface area contributed by atoms with Crippen LogP contribution in [0.15, 0.2) is 18.2 Å². The van der Waals surface area contributed by atoms with Gasteiger partial charge in [-0.25, -0.2) is 4.39 Å². The van der Waals surface area contributed by atoms with Crippen molar-refractivity contribution >= 4 is 5.69 Å². The molecule has 1 aliphatic rings. The van der Waals surface area contributed by atoms with E-state index in [0.29, 0.717) is 0 Å². The summed E-state index contributed by atoms with van der Waals surface area (Å²) in [5, 5.41) is 13.0. The van der Waals surface area contributed by atoms with Crippen molar-refractivity contribution in [2.75, 3.05) is 31.1 Å². The molecular weight excluding hydrogens is 267 g/mol. The van der Waals surface area contributed by atoms with Crippen LogP contribution < -0.4 is 10.2 Å². The second kappa shape index (κ2) is 7.23. The summed E-state index contributed by atoms with van der Waals surface area (Å²) in [6.45, 7) is 7.16. The van der Waals surface area contributed by atoms with Gasteiger partial charge in [0.15, 0.2) is 0 Å². The van der Waals surface area contributed by atoms with E-state index in [1.54, 1.807) is 12.1 Å². The maximum Gasteiger partial charge on any atom is 0.125 e. The number of hydrogen-bond acceptors (Lipinski definition) is 3. The highest BCUT2D eigenvalue weighted by molar-refractivity contribution is 5.58. The lowest BCUT2D eigenvalue weighted by molar-refractivity contribution is 0.164. The first-order chi connectivity index (χ1) is 10.1. The molecule has 0 saturated carbocycles. The molecule has 1 aromatic rings. The molecule has 1 heterocycles. The molecule has 0 bridgehead atoms. The molecule has 3 nitrogen and oxygen atoms in total. The fourth-order valence-electron chi connectivity index (χ4n) is 2.96. The normalized spacial score (nSPS) is 16.9. The van der Waals surface area contributed by atoms with Crippen LogP contribution in [0.2, 0.25) is 0 Å². The summed E-state index contributed by atoms with van der Waals surface area (Å²) in [5.41, 5.74) is 2.08. The Morgan fingerprint density at radius 3 is 2.95 bits per heavy atom. The van der Waals surface area contributed by atoms with Gasteiger partial charge in [-0.2, -0.15) is 0 Å². The van der Waals surface area contributed by atoms with Gasteiger partial charge in [0.05, 0.1) is 6.61 Å². The quantitative estimate of drug-likeness (QED) is 0.774. The van der Waals surface area contributed by atoms with Gasteiger partial charge in [-0.05, 0) is 56.8 Å². The number of halogens is 1. The number of aliphatic hydroxyl groups is 1. The summed E-state index contributed by atoms with van der Waals surface area (Å²) in [5.74, 6) is -0.162. The average Bonchev–Trinajstić information content (AvgIpc) is 2.88. The Bertz CT molecular complexity index is 466. The predicted octanol–water partition coefficient (Wildman–Crippen LogP) is 2.72. The van der Waals surface area contributed by atoms with Gasteiger partial charge in [-0.15, -0.1) is 0 Å². The van der Waals surface area contributed by atoms with Crippen molar-refractivity contribution in [3.8, 4) is 0 Å². The topological polar surface area (TPSA) is 35.5 Å². The van der Waals surface area contributed by atoms with Crippen LogP contribution in [0.1, 0.15) is 38.7 Å². The van der Waals surface area contributed by atoms with Crippen molar-refractivity contribution in [1.82, 2.24) is 5.32 Å². The monoisotopic (exact) mass is 294 g/mol. The summed E-state index contributed by atoms with van der Waals surface area (Å²) < 4.78 is 13.4. The Kier molecular flexibility index (Phi) is 5.59. The molecule has 0 fully saturated rings. The van der Waals surface area contributed by atoms with Crippen molar-refractivity contribution in [3.05, 3.63) is 29.6 Å². The van der Waals surface area contributed by atoms with Gasteiger partial charge < -0.3 is 15.3 Å². The Balaban J connectivity index is 1.86. The Morgan fingerprint density at radius 1 is 1.43 bits per heavy atom. The molecular formula is C17H27FN2O. The minimum absolute atomic E-state index is 0.151. The zero-order chi connectivity index (χ0) is 15.3. The number of benzene rings is 1. The van der Waals surface area contributed by atoms with E-state index in [4.69, 9.17) is 0 Å². The van der Waals surface area contributed by atoms with Crippen LogP contribution in [0.25, 0.3) is 0 Å². The number of aliphatic hydroxyl groups excluding tert-OH is 1. The van der Waals surface area contributed by atoms with E-state index in [1.165, 1.54) is 5.56 Å². The highest BCUT2D eigenvalue weighted by atomic mass is 19.1. The SMILES string of the molecule is CCCNC(C)(CO)CCCN1CCc2ccc(F)cc21. The van der Waals surface area contributed by atoms with E-state index in [9.17, 15) is 9.50 Å². The van der Waals surface area contributed by atoms with Crippen molar-refractivity contribution in [3.63, 3.8) is 0 Å². The van der Waals surface area contributed by atoms with E-state index >= 15 is 0 Å². The molecule has 2 N–H and O–H groups in total. The molecule has 0 saturated heterocycles. The standard InChI is InChI=1S/C17H27FN2O/c1-3-9-19-17(2,13-21)8-4-10-20-11-7-14-5-6-15(18)12-16(14)20/h5-6,12,19,21H,3-4,7-11,13H2,1-2H3. The van der Waals surface area contributed by atoms with Crippen LogP contribution in [0.4, 0.5) is 10.1 Å². The summed E-state index contributed by atoms with van der Waals surface area (Å²) in [6, 6.07) is 5.08. The maximum absolute atomic E-state index is 13.4. The second-order valence-corrected chi connectivity index (χ2v) is 6.26. The number of anilines is 1. The van der Waals surface area contributed by atoms with E-state index in [0.717, 1.165) is 51.0 Å². The summed E-state index contributed by atoms with van der Waals surface area (Å²) in [7, 11) is 0. The molecule has 4 heteroatoms. The second-order valence-electron chi connectivity index (χ2n) is 6.26. The van der Waals surface area contributed by atoms with Crippen LogP contribution in [-0.4, -0.2) is 36.9 Å². The van der Waals surface area contributed by atoms with Crippen LogP contribution in [0.5, 0.6) is 0 Å². The molecule has 2 rings (SSSR count). The Labute approximate surface area is 127 Å². The molecule has 0 amide bonds. The molecule has 0 aromatic heterocycles. The Morgan fingerprint density at radius 2 is 2.24 bits per heavy atom. The molecule has 118 valence electrons. The van der Waals surface area contributed by atoms with Crippen molar-refractivity contribution in [2.24, 2.45) is 0 Å². The first-order valence-electron chi connectivity index (χ1n) is 7.97.